The minimum Gasteiger partial charge on any atom is -0.462 e. The van der Waals surface area contributed by atoms with Crippen molar-refractivity contribution in [3.8, 4) is 0 Å². The van der Waals surface area contributed by atoms with Crippen LogP contribution in [0.15, 0.2) is 72.9 Å². The number of hydrogen-bond acceptors (Lipinski definition) is 15. The fraction of sp³-hybridized carbons (Fsp3) is 0.812. The van der Waals surface area contributed by atoms with E-state index in [0.29, 0.717) is 32.1 Å². The Labute approximate surface area is 634 Å². The topological polar surface area (TPSA) is 237 Å². The number of hydrogen-bond donors (Lipinski definition) is 3. The van der Waals surface area contributed by atoms with E-state index < -0.39 is 97.5 Å². The van der Waals surface area contributed by atoms with Crippen LogP contribution in [0.3, 0.4) is 0 Å². The minimum atomic E-state index is -4.99. The second-order valence-electron chi connectivity index (χ2n) is 28.4. The third kappa shape index (κ3) is 76.7. The Morgan fingerprint density at radius 1 is 0.269 bits per heavy atom. The summed E-state index contributed by atoms with van der Waals surface area (Å²) in [5, 5.41) is 10.7. The highest BCUT2D eigenvalue weighted by Gasteiger charge is 2.30. The van der Waals surface area contributed by atoms with E-state index in [-0.39, 0.29) is 25.7 Å². The quantitative estimate of drug-likeness (QED) is 0.0169. The van der Waals surface area contributed by atoms with Crippen LogP contribution in [0.2, 0.25) is 0 Å². The summed E-state index contributed by atoms with van der Waals surface area (Å²) in [4.78, 5) is 73.1. The summed E-state index contributed by atoms with van der Waals surface area (Å²) in [6.45, 7) is 4.84. The predicted octanol–water partition coefficient (Wildman–Crippen LogP) is 24.8. The number of phosphoric ester groups is 2. The molecule has 0 aromatic carbocycles. The molecule has 2 unspecified atom stereocenters. The molecule has 0 aromatic heterocycles. The number of aliphatic hydroxyl groups excluding tert-OH is 1. The molecule has 0 saturated heterocycles. The van der Waals surface area contributed by atoms with Crippen LogP contribution in [0.25, 0.3) is 0 Å². The van der Waals surface area contributed by atoms with Crippen molar-refractivity contribution in [2.75, 3.05) is 39.6 Å². The number of aliphatic hydroxyl groups is 1. The first-order valence-electron chi connectivity index (χ1n) is 42.2. The highest BCUT2D eigenvalue weighted by molar-refractivity contribution is 7.47. The lowest BCUT2D eigenvalue weighted by Gasteiger charge is -2.21. The van der Waals surface area contributed by atoms with Gasteiger partial charge in [0.05, 0.1) is 26.4 Å². The molecule has 0 bridgehead atoms. The van der Waals surface area contributed by atoms with Gasteiger partial charge in [-0.2, -0.15) is 0 Å². The lowest BCUT2D eigenvalue weighted by molar-refractivity contribution is -0.161. The van der Waals surface area contributed by atoms with Crippen molar-refractivity contribution in [3.05, 3.63) is 72.9 Å². The molecular weight excluding hydrogens is 1350 g/mol. The van der Waals surface area contributed by atoms with Crippen LogP contribution in [0.5, 0.6) is 0 Å². The van der Waals surface area contributed by atoms with E-state index in [1.807, 2.05) is 12.2 Å². The average molecular weight is 1510 g/mol. The highest BCUT2D eigenvalue weighted by Crippen LogP contribution is 2.45. The van der Waals surface area contributed by atoms with Gasteiger partial charge in [0.1, 0.15) is 19.3 Å². The summed E-state index contributed by atoms with van der Waals surface area (Å²) in [6.07, 6.45) is 80.1. The van der Waals surface area contributed by atoms with Gasteiger partial charge in [0.25, 0.3) is 0 Å². The van der Waals surface area contributed by atoms with Crippen molar-refractivity contribution in [3.63, 3.8) is 0 Å². The smallest absolute Gasteiger partial charge is 0.462 e. The Bertz CT molecular complexity index is 2250. The Hall–Kier alpha value is -3.50. The fourth-order valence-corrected chi connectivity index (χ4v) is 13.3. The summed E-state index contributed by atoms with van der Waals surface area (Å²) >= 11 is 0. The number of rotatable bonds is 80. The van der Waals surface area contributed by atoms with Crippen LogP contribution in [0, 0.1) is 0 Å². The van der Waals surface area contributed by atoms with Crippen molar-refractivity contribution in [1.82, 2.24) is 0 Å². The Morgan fingerprint density at radius 3 is 0.779 bits per heavy atom. The molecule has 104 heavy (non-hydrogen) atoms. The molecular formula is C85H154O17P2. The van der Waals surface area contributed by atoms with Gasteiger partial charge in [0, 0.05) is 25.7 Å². The molecule has 0 heterocycles. The van der Waals surface area contributed by atoms with Gasteiger partial charge >= 0.3 is 39.5 Å². The second-order valence-corrected chi connectivity index (χ2v) is 31.3. The van der Waals surface area contributed by atoms with E-state index in [2.05, 4.69) is 88.5 Å². The zero-order chi connectivity index (χ0) is 76.0. The predicted molar refractivity (Wildman–Crippen MR) is 427 cm³/mol. The normalized spacial score (nSPS) is 14.2. The van der Waals surface area contributed by atoms with Gasteiger partial charge in [0.2, 0.25) is 0 Å². The molecule has 0 spiro atoms. The van der Waals surface area contributed by atoms with Gasteiger partial charge in [-0.15, -0.1) is 0 Å². The molecule has 5 atom stereocenters. The largest absolute Gasteiger partial charge is 0.472 e. The van der Waals surface area contributed by atoms with Crippen LogP contribution < -0.4 is 0 Å². The van der Waals surface area contributed by atoms with E-state index in [9.17, 15) is 43.2 Å². The van der Waals surface area contributed by atoms with E-state index in [1.165, 1.54) is 186 Å². The maximum Gasteiger partial charge on any atom is 0.472 e. The first-order chi connectivity index (χ1) is 50.7. The van der Waals surface area contributed by atoms with Crippen molar-refractivity contribution < 1.29 is 80.2 Å². The standard InChI is InChI=1S/C85H154O17P2/c1-5-9-13-17-21-25-29-33-37-39-43-45-49-53-57-61-65-69-82(87)95-75-80(101-84(89)71-67-63-59-55-51-47-41-35-31-27-23-19-15-11-7-3)77-99-103(91,92)97-73-79(86)74-98-104(93,94)100-78-81(102-85(90)72-68-64-60-56-52-48-42-36-32-28-24-20-16-12-8-4)76-96-83(88)70-66-62-58-54-50-46-44-40-38-34-30-26-22-18-14-10-6-2/h21,24-25,28,33,36-37,42-43,45,53,57,79-81,86H,5-20,22-23,26-27,29-32,34-35,38-41,44,46-52,54-56,58-78H2,1-4H3,(H,91,92)(H,93,94)/b25-21-,28-24-,37-33-,42-36-,45-43-,57-53-/t79-,80+,81+/m0/s1. The van der Waals surface area contributed by atoms with E-state index in [1.54, 1.807) is 0 Å². The lowest BCUT2D eigenvalue weighted by atomic mass is 10.0. The molecule has 0 fully saturated rings. The van der Waals surface area contributed by atoms with Gasteiger partial charge in [-0.1, -0.05) is 338 Å². The van der Waals surface area contributed by atoms with Gasteiger partial charge in [0.15, 0.2) is 12.2 Å². The molecule has 0 aliphatic carbocycles. The van der Waals surface area contributed by atoms with E-state index in [4.69, 9.17) is 37.0 Å². The van der Waals surface area contributed by atoms with Gasteiger partial charge in [-0.3, -0.25) is 37.3 Å². The maximum absolute atomic E-state index is 13.1. The third-order valence-corrected chi connectivity index (χ3v) is 20.1. The number of carbonyl (C=O) groups excluding carboxylic acids is 4. The number of esters is 4. The maximum atomic E-state index is 13.1. The highest BCUT2D eigenvalue weighted by atomic mass is 31.2. The average Bonchev–Trinajstić information content (AvgIpc) is 0.937. The van der Waals surface area contributed by atoms with E-state index >= 15 is 0 Å². The SMILES string of the molecule is CCCCC/C=C\C/C=C\C/C=C\C/C=C\CCCC(=O)OC[C@H](COP(=O)(O)OC[C@H](O)COP(=O)(O)OC[C@@H](COC(=O)CCCCCCCCCCCCCCCCCCC)OC(=O)CCCCCCC/C=C\C/C=C\CCCCC)OC(=O)CCCCCCCCCCCCCCCCC. The lowest BCUT2D eigenvalue weighted by Crippen LogP contribution is -2.30. The molecule has 0 amide bonds. The molecule has 17 nitrogen and oxygen atoms in total. The number of ether oxygens (including phenoxy) is 4. The number of unbranched alkanes of at least 4 members (excludes halogenated alkanes) is 42. The summed E-state index contributed by atoms with van der Waals surface area (Å²) in [5.41, 5.74) is 0. The molecule has 0 saturated carbocycles. The molecule has 0 rings (SSSR count). The number of phosphoric acid groups is 2. The van der Waals surface area contributed by atoms with Crippen LogP contribution >= 0.6 is 15.6 Å². The first kappa shape index (κ1) is 100. The summed E-state index contributed by atoms with van der Waals surface area (Å²) in [6, 6.07) is 0. The molecule has 0 aliphatic rings. The van der Waals surface area contributed by atoms with Crippen LogP contribution in [-0.2, 0) is 65.4 Å². The molecule has 0 aromatic rings. The Balaban J connectivity index is 5.37. The summed E-state index contributed by atoms with van der Waals surface area (Å²) < 4.78 is 68.7. The Morgan fingerprint density at radius 2 is 0.481 bits per heavy atom. The fourth-order valence-electron chi connectivity index (χ4n) is 11.7. The van der Waals surface area contributed by atoms with Crippen LogP contribution in [-0.4, -0.2) is 96.7 Å². The van der Waals surface area contributed by atoms with Gasteiger partial charge in [-0.05, 0) is 96.3 Å². The molecule has 19 heteroatoms. The molecule has 3 N–H and O–H groups in total. The Kier molecular flexibility index (Phi) is 75.0. The van der Waals surface area contributed by atoms with Crippen molar-refractivity contribution >= 4 is 39.5 Å². The van der Waals surface area contributed by atoms with Gasteiger partial charge in [-0.25, -0.2) is 9.13 Å². The minimum absolute atomic E-state index is 0.0826. The number of allylic oxidation sites excluding steroid dienone is 12. The third-order valence-electron chi connectivity index (χ3n) is 18.2. The zero-order valence-corrected chi connectivity index (χ0v) is 68.2. The summed E-state index contributed by atoms with van der Waals surface area (Å²) in [5.74, 6) is -2.22. The number of carbonyl (C=O) groups is 4. The first-order valence-corrected chi connectivity index (χ1v) is 45.2. The summed E-state index contributed by atoms with van der Waals surface area (Å²) in [7, 11) is -9.96. The molecule has 0 aliphatic heterocycles. The molecule has 606 valence electrons. The molecule has 0 radical (unpaired) electrons. The van der Waals surface area contributed by atoms with Crippen LogP contribution in [0.1, 0.15) is 387 Å². The van der Waals surface area contributed by atoms with E-state index in [0.717, 1.165) is 116 Å². The van der Waals surface area contributed by atoms with Crippen LogP contribution in [0.4, 0.5) is 0 Å². The van der Waals surface area contributed by atoms with Crippen molar-refractivity contribution in [2.24, 2.45) is 0 Å². The van der Waals surface area contributed by atoms with Crippen molar-refractivity contribution in [2.45, 2.75) is 406 Å². The zero-order valence-electron chi connectivity index (χ0n) is 66.5. The van der Waals surface area contributed by atoms with Crippen molar-refractivity contribution in [1.29, 1.82) is 0 Å². The van der Waals surface area contributed by atoms with Gasteiger partial charge < -0.3 is 33.8 Å². The monoisotopic (exact) mass is 1510 g/mol. The second kappa shape index (κ2) is 77.7.